The second-order valence-electron chi connectivity index (χ2n) is 4.98. The number of aromatic nitrogens is 2. The Hall–Kier alpha value is -2.20. The van der Waals surface area contributed by atoms with E-state index in [1.807, 2.05) is 6.92 Å². The number of likely N-dealkylation sites (N-methyl/N-ethyl adjacent to an activating group) is 1. The lowest BCUT2D eigenvalue weighted by Crippen LogP contribution is -2.45. The van der Waals surface area contributed by atoms with Crippen molar-refractivity contribution < 1.29 is 14.0 Å². The molecule has 25 heavy (non-hydrogen) atoms. The molecular weight excluding hydrogens is 365 g/mol. The molecule has 2 rings (SSSR count). The minimum atomic E-state index is -0.590. The minimum Gasteiger partial charge on any atom is -0.355 e. The normalized spacial score (nSPS) is 11.6. The van der Waals surface area contributed by atoms with E-state index in [4.69, 9.17) is 0 Å². The summed E-state index contributed by atoms with van der Waals surface area (Å²) in [6, 6.07) is 5.42. The molecule has 1 heterocycles. The van der Waals surface area contributed by atoms with E-state index in [-0.39, 0.29) is 23.4 Å². The Bertz CT molecular complexity index is 740. The molecule has 1 atom stereocenters. The topological polar surface area (TPSA) is 96.0 Å². The lowest BCUT2D eigenvalue weighted by atomic mass is 10.3. The maximum atomic E-state index is 13.1. The van der Waals surface area contributed by atoms with Gasteiger partial charge in [0.1, 0.15) is 11.9 Å². The van der Waals surface area contributed by atoms with Gasteiger partial charge < -0.3 is 16.0 Å². The quantitative estimate of drug-likeness (QED) is 0.605. The number of anilines is 2. The molecule has 10 heteroatoms. The molecule has 0 saturated heterocycles. The van der Waals surface area contributed by atoms with E-state index in [9.17, 15) is 14.0 Å². The van der Waals surface area contributed by atoms with Crippen LogP contribution in [0.15, 0.2) is 28.6 Å². The molecular formula is C15H18FN5O2S2. The Morgan fingerprint density at radius 1 is 1.36 bits per heavy atom. The Morgan fingerprint density at radius 3 is 2.88 bits per heavy atom. The van der Waals surface area contributed by atoms with Crippen LogP contribution in [0.3, 0.4) is 0 Å². The summed E-state index contributed by atoms with van der Waals surface area (Å²) in [6.07, 6.45) is 0. The van der Waals surface area contributed by atoms with Crippen LogP contribution in [0.5, 0.6) is 0 Å². The maximum Gasteiger partial charge on any atom is 0.242 e. The number of carbonyl (C=O) groups is 2. The number of benzene rings is 1. The van der Waals surface area contributed by atoms with Crippen LogP contribution in [0, 0.1) is 5.82 Å². The molecule has 2 amide bonds. The van der Waals surface area contributed by atoms with Gasteiger partial charge in [-0.3, -0.25) is 9.59 Å². The van der Waals surface area contributed by atoms with E-state index < -0.39 is 6.04 Å². The summed E-state index contributed by atoms with van der Waals surface area (Å²) in [5, 5.41) is 16.6. The molecule has 0 spiro atoms. The van der Waals surface area contributed by atoms with Crippen LogP contribution in [0.25, 0.3) is 0 Å². The number of thioether (sulfide) groups is 1. The summed E-state index contributed by atoms with van der Waals surface area (Å²) in [5.41, 5.74) is 0.571. The third-order valence-corrected chi connectivity index (χ3v) is 4.90. The van der Waals surface area contributed by atoms with Gasteiger partial charge in [-0.25, -0.2) is 4.39 Å². The largest absolute Gasteiger partial charge is 0.355 e. The Labute approximate surface area is 152 Å². The molecule has 0 fully saturated rings. The number of nitrogens with one attached hydrogen (secondary N) is 3. The number of hydrogen-bond acceptors (Lipinski definition) is 7. The minimum absolute atomic E-state index is 0.123. The third-order valence-electron chi connectivity index (χ3n) is 2.93. The molecule has 0 bridgehead atoms. The van der Waals surface area contributed by atoms with E-state index >= 15 is 0 Å². The van der Waals surface area contributed by atoms with Crippen molar-refractivity contribution in [3.8, 4) is 0 Å². The van der Waals surface area contributed by atoms with Gasteiger partial charge >= 0.3 is 0 Å². The van der Waals surface area contributed by atoms with Crippen molar-refractivity contribution in [1.82, 2.24) is 20.8 Å². The molecule has 7 nitrogen and oxygen atoms in total. The maximum absolute atomic E-state index is 13.1. The van der Waals surface area contributed by atoms with Crippen LogP contribution in [-0.4, -0.2) is 40.4 Å². The predicted octanol–water partition coefficient (Wildman–Crippen LogP) is 2.15. The predicted molar refractivity (Wildman–Crippen MR) is 96.6 cm³/mol. The monoisotopic (exact) mass is 383 g/mol. The second-order valence-corrected chi connectivity index (χ2v) is 7.18. The van der Waals surface area contributed by atoms with Gasteiger partial charge in [0.25, 0.3) is 0 Å². The molecule has 1 aromatic heterocycles. The molecule has 0 aliphatic rings. The Balaban J connectivity index is 1.81. The van der Waals surface area contributed by atoms with Crippen molar-refractivity contribution >= 4 is 45.7 Å². The SMILES string of the molecule is CCNC(=O)[C@H](C)NC(=O)CSc1nnc(Nc2cccc(F)c2)s1. The zero-order valence-electron chi connectivity index (χ0n) is 13.7. The number of amides is 2. The first-order valence-corrected chi connectivity index (χ1v) is 9.34. The standard InChI is InChI=1S/C15H18FN5O2S2/c1-3-17-13(23)9(2)18-12(22)8-24-15-21-20-14(25-15)19-11-6-4-5-10(16)7-11/h4-7,9H,3,8H2,1-2H3,(H,17,23)(H,18,22)(H,19,20)/t9-/m0/s1. The second kappa shape index (κ2) is 9.33. The van der Waals surface area contributed by atoms with E-state index in [2.05, 4.69) is 26.1 Å². The number of nitrogens with zero attached hydrogens (tertiary/aromatic N) is 2. The summed E-state index contributed by atoms with van der Waals surface area (Å²) in [7, 11) is 0. The van der Waals surface area contributed by atoms with Crippen molar-refractivity contribution in [3.05, 3.63) is 30.1 Å². The van der Waals surface area contributed by atoms with Crippen LogP contribution in [-0.2, 0) is 9.59 Å². The van der Waals surface area contributed by atoms with E-state index in [1.54, 1.807) is 19.1 Å². The van der Waals surface area contributed by atoms with Crippen molar-refractivity contribution in [2.45, 2.75) is 24.2 Å². The van der Waals surface area contributed by atoms with Crippen molar-refractivity contribution in [2.75, 3.05) is 17.6 Å². The Morgan fingerprint density at radius 2 is 2.16 bits per heavy atom. The van der Waals surface area contributed by atoms with E-state index in [0.29, 0.717) is 21.7 Å². The molecule has 134 valence electrons. The fraction of sp³-hybridized carbons (Fsp3) is 0.333. The van der Waals surface area contributed by atoms with Crippen LogP contribution in [0.4, 0.5) is 15.2 Å². The number of carbonyl (C=O) groups excluding carboxylic acids is 2. The highest BCUT2D eigenvalue weighted by Gasteiger charge is 2.15. The molecule has 0 aliphatic carbocycles. The average molecular weight is 383 g/mol. The fourth-order valence-electron chi connectivity index (χ4n) is 1.81. The highest BCUT2D eigenvalue weighted by molar-refractivity contribution is 8.01. The highest BCUT2D eigenvalue weighted by atomic mass is 32.2. The van der Waals surface area contributed by atoms with Crippen LogP contribution in [0.1, 0.15) is 13.8 Å². The van der Waals surface area contributed by atoms with Crippen LogP contribution >= 0.6 is 23.1 Å². The van der Waals surface area contributed by atoms with Gasteiger partial charge in [0, 0.05) is 12.2 Å². The summed E-state index contributed by atoms with van der Waals surface area (Å²) < 4.78 is 13.7. The average Bonchev–Trinajstić information content (AvgIpc) is 3.00. The zero-order chi connectivity index (χ0) is 18.2. The Kier molecular flexibility index (Phi) is 7.14. The molecule has 0 radical (unpaired) electrons. The summed E-state index contributed by atoms with van der Waals surface area (Å²) in [5.74, 6) is -0.711. The van der Waals surface area contributed by atoms with Gasteiger partial charge in [-0.2, -0.15) is 0 Å². The highest BCUT2D eigenvalue weighted by Crippen LogP contribution is 2.27. The van der Waals surface area contributed by atoms with Crippen molar-refractivity contribution in [2.24, 2.45) is 0 Å². The lowest BCUT2D eigenvalue weighted by Gasteiger charge is -2.12. The van der Waals surface area contributed by atoms with Crippen LogP contribution in [0.2, 0.25) is 0 Å². The third kappa shape index (κ3) is 6.31. The summed E-state index contributed by atoms with van der Waals surface area (Å²) in [4.78, 5) is 23.4. The van der Waals surface area contributed by atoms with Crippen LogP contribution < -0.4 is 16.0 Å². The fourth-order valence-corrected chi connectivity index (χ4v) is 3.39. The number of halogens is 1. The van der Waals surface area contributed by atoms with E-state index in [0.717, 1.165) is 0 Å². The van der Waals surface area contributed by atoms with Gasteiger partial charge in [0.2, 0.25) is 16.9 Å². The van der Waals surface area contributed by atoms with E-state index in [1.165, 1.54) is 35.2 Å². The number of rotatable bonds is 8. The van der Waals surface area contributed by atoms with Gasteiger partial charge in [0.05, 0.1) is 5.75 Å². The first-order valence-electron chi connectivity index (χ1n) is 7.54. The lowest BCUT2D eigenvalue weighted by molar-refractivity contribution is -0.127. The molecule has 0 unspecified atom stereocenters. The van der Waals surface area contributed by atoms with Gasteiger partial charge in [0.15, 0.2) is 4.34 Å². The zero-order valence-corrected chi connectivity index (χ0v) is 15.3. The molecule has 0 aliphatic heterocycles. The summed E-state index contributed by atoms with van der Waals surface area (Å²) >= 11 is 2.47. The van der Waals surface area contributed by atoms with Gasteiger partial charge in [-0.1, -0.05) is 29.2 Å². The molecule has 1 aromatic carbocycles. The van der Waals surface area contributed by atoms with Crippen molar-refractivity contribution in [3.63, 3.8) is 0 Å². The summed E-state index contributed by atoms with van der Waals surface area (Å²) in [6.45, 7) is 3.95. The van der Waals surface area contributed by atoms with Gasteiger partial charge in [-0.15, -0.1) is 10.2 Å². The van der Waals surface area contributed by atoms with Crippen molar-refractivity contribution in [1.29, 1.82) is 0 Å². The molecule has 0 saturated carbocycles. The molecule has 3 N–H and O–H groups in total. The first kappa shape index (κ1) is 19.1. The first-order chi connectivity index (χ1) is 12.0. The number of hydrogen-bond donors (Lipinski definition) is 3. The smallest absolute Gasteiger partial charge is 0.242 e. The van der Waals surface area contributed by atoms with Gasteiger partial charge in [-0.05, 0) is 32.0 Å². The molecule has 2 aromatic rings.